The molecule has 2 nitrogen and oxygen atoms in total. The quantitative estimate of drug-likeness (QED) is 0.780. The van der Waals surface area contributed by atoms with E-state index in [2.05, 4.69) is 25.2 Å². The second kappa shape index (κ2) is 5.20. The number of hydrogen-bond acceptors (Lipinski definition) is 2. The van der Waals surface area contributed by atoms with E-state index in [-0.39, 0.29) is 0 Å². The van der Waals surface area contributed by atoms with Gasteiger partial charge in [0.05, 0.1) is 6.26 Å². The molecule has 2 heteroatoms. The molecule has 2 atom stereocenters. The van der Waals surface area contributed by atoms with Crippen LogP contribution in [-0.2, 0) is 0 Å². The van der Waals surface area contributed by atoms with Crippen LogP contribution in [0.25, 0.3) is 0 Å². The largest absolute Gasteiger partial charge is 0.469 e. The average Bonchev–Trinajstić information content (AvgIpc) is 2.60. The van der Waals surface area contributed by atoms with Gasteiger partial charge in [0.1, 0.15) is 5.76 Å². The van der Waals surface area contributed by atoms with E-state index in [4.69, 9.17) is 4.42 Å². The van der Waals surface area contributed by atoms with E-state index >= 15 is 0 Å². The molecule has 1 N–H and O–H groups in total. The van der Waals surface area contributed by atoms with Gasteiger partial charge in [0.15, 0.2) is 0 Å². The first-order valence-corrected chi connectivity index (χ1v) is 5.39. The Morgan fingerprint density at radius 2 is 2.21 bits per heavy atom. The van der Waals surface area contributed by atoms with Crippen LogP contribution in [0.4, 0.5) is 0 Å². The zero-order valence-electron chi connectivity index (χ0n) is 9.63. The summed E-state index contributed by atoms with van der Waals surface area (Å²) in [5.41, 5.74) is 1.27. The Morgan fingerprint density at radius 1 is 1.50 bits per heavy atom. The van der Waals surface area contributed by atoms with Gasteiger partial charge in [-0.15, -0.1) is 0 Å². The molecule has 0 saturated carbocycles. The van der Waals surface area contributed by atoms with Gasteiger partial charge in [0.2, 0.25) is 0 Å². The lowest BCUT2D eigenvalue weighted by molar-refractivity contribution is 0.418. The van der Waals surface area contributed by atoms with E-state index < -0.39 is 0 Å². The lowest BCUT2D eigenvalue weighted by atomic mass is 9.96. The van der Waals surface area contributed by atoms with Crippen molar-refractivity contribution in [1.29, 1.82) is 0 Å². The highest BCUT2D eigenvalue weighted by Crippen LogP contribution is 2.24. The van der Waals surface area contributed by atoms with E-state index in [0.29, 0.717) is 6.04 Å². The van der Waals surface area contributed by atoms with Gasteiger partial charge in [-0.3, -0.25) is 0 Å². The van der Waals surface area contributed by atoms with Crippen molar-refractivity contribution in [2.45, 2.75) is 39.7 Å². The van der Waals surface area contributed by atoms with Crippen LogP contribution in [0.3, 0.4) is 0 Å². The lowest BCUT2D eigenvalue weighted by Gasteiger charge is -2.18. The number of furan rings is 1. The maximum atomic E-state index is 5.32. The molecule has 2 unspecified atom stereocenters. The van der Waals surface area contributed by atoms with Gasteiger partial charge >= 0.3 is 0 Å². The van der Waals surface area contributed by atoms with Crippen LogP contribution in [0.2, 0.25) is 0 Å². The summed E-state index contributed by atoms with van der Waals surface area (Å²) in [4.78, 5) is 0. The molecule has 1 aromatic rings. The van der Waals surface area contributed by atoms with Crippen molar-refractivity contribution < 1.29 is 4.42 Å². The van der Waals surface area contributed by atoms with Gasteiger partial charge in [-0.1, -0.05) is 20.3 Å². The second-order valence-corrected chi connectivity index (χ2v) is 4.08. The SMILES string of the molecule is CCC(C)CC(NC)c1coc(C)c1. The smallest absolute Gasteiger partial charge is 0.101 e. The van der Waals surface area contributed by atoms with Crippen LogP contribution >= 0.6 is 0 Å². The van der Waals surface area contributed by atoms with E-state index in [1.165, 1.54) is 18.4 Å². The summed E-state index contributed by atoms with van der Waals surface area (Å²) in [6, 6.07) is 2.55. The Kier molecular flexibility index (Phi) is 4.21. The van der Waals surface area contributed by atoms with Crippen molar-refractivity contribution in [2.24, 2.45) is 5.92 Å². The fourth-order valence-electron chi connectivity index (χ4n) is 1.64. The zero-order valence-corrected chi connectivity index (χ0v) is 9.63. The van der Waals surface area contributed by atoms with Crippen molar-refractivity contribution in [1.82, 2.24) is 5.32 Å². The lowest BCUT2D eigenvalue weighted by Crippen LogP contribution is -2.18. The molecule has 0 aromatic carbocycles. The zero-order chi connectivity index (χ0) is 10.6. The number of hydrogen-bond donors (Lipinski definition) is 1. The summed E-state index contributed by atoms with van der Waals surface area (Å²) in [6.45, 7) is 6.51. The topological polar surface area (TPSA) is 25.2 Å². The van der Waals surface area contributed by atoms with Crippen molar-refractivity contribution in [3.63, 3.8) is 0 Å². The summed E-state index contributed by atoms with van der Waals surface area (Å²) in [5, 5.41) is 3.34. The molecule has 0 spiro atoms. The highest BCUT2D eigenvalue weighted by Gasteiger charge is 2.14. The average molecular weight is 195 g/mol. The molecule has 0 fully saturated rings. The van der Waals surface area contributed by atoms with Crippen molar-refractivity contribution in [2.75, 3.05) is 7.05 Å². The predicted molar refractivity (Wildman–Crippen MR) is 59.3 cm³/mol. The van der Waals surface area contributed by atoms with Gasteiger partial charge < -0.3 is 9.73 Å². The Morgan fingerprint density at radius 3 is 2.64 bits per heavy atom. The number of nitrogens with one attached hydrogen (secondary N) is 1. The number of rotatable bonds is 5. The van der Waals surface area contributed by atoms with Gasteiger partial charge in [0.25, 0.3) is 0 Å². The Hall–Kier alpha value is -0.760. The first kappa shape index (κ1) is 11.3. The molecular formula is C12H21NO. The van der Waals surface area contributed by atoms with Crippen LogP contribution in [0.1, 0.15) is 44.1 Å². The van der Waals surface area contributed by atoms with Crippen molar-refractivity contribution in [3.05, 3.63) is 23.7 Å². The van der Waals surface area contributed by atoms with E-state index in [1.807, 2.05) is 20.2 Å². The second-order valence-electron chi connectivity index (χ2n) is 4.08. The fraction of sp³-hybridized carbons (Fsp3) is 0.667. The van der Waals surface area contributed by atoms with Crippen LogP contribution in [0.5, 0.6) is 0 Å². The van der Waals surface area contributed by atoms with Gasteiger partial charge in [-0.25, -0.2) is 0 Å². The van der Waals surface area contributed by atoms with Gasteiger partial charge in [-0.2, -0.15) is 0 Å². The van der Waals surface area contributed by atoms with Gasteiger partial charge in [-0.05, 0) is 32.4 Å². The molecule has 1 aromatic heterocycles. The molecule has 0 aliphatic heterocycles. The minimum absolute atomic E-state index is 0.433. The molecule has 0 radical (unpaired) electrons. The van der Waals surface area contributed by atoms with Gasteiger partial charge in [0, 0.05) is 11.6 Å². The molecule has 1 heterocycles. The van der Waals surface area contributed by atoms with Crippen molar-refractivity contribution in [3.8, 4) is 0 Å². The minimum Gasteiger partial charge on any atom is -0.469 e. The third-order valence-corrected chi connectivity index (χ3v) is 2.84. The standard InChI is InChI=1S/C12H21NO/c1-5-9(2)6-12(13-4)11-7-10(3)14-8-11/h7-9,12-13H,5-6H2,1-4H3. The molecular weight excluding hydrogens is 174 g/mol. The first-order chi connectivity index (χ1) is 6.67. The summed E-state index contributed by atoms with van der Waals surface area (Å²) in [7, 11) is 2.01. The molecule has 0 bridgehead atoms. The summed E-state index contributed by atoms with van der Waals surface area (Å²) in [6.07, 6.45) is 4.26. The maximum Gasteiger partial charge on any atom is 0.101 e. The Bertz CT molecular complexity index is 267. The summed E-state index contributed by atoms with van der Waals surface area (Å²) >= 11 is 0. The molecule has 0 aliphatic rings. The third kappa shape index (κ3) is 2.88. The third-order valence-electron chi connectivity index (χ3n) is 2.84. The molecule has 14 heavy (non-hydrogen) atoms. The first-order valence-electron chi connectivity index (χ1n) is 5.39. The van der Waals surface area contributed by atoms with E-state index in [0.717, 1.165) is 11.7 Å². The predicted octanol–water partition coefficient (Wildman–Crippen LogP) is 3.28. The fourth-order valence-corrected chi connectivity index (χ4v) is 1.64. The highest BCUT2D eigenvalue weighted by atomic mass is 16.3. The summed E-state index contributed by atoms with van der Waals surface area (Å²) in [5.74, 6) is 1.74. The van der Waals surface area contributed by atoms with Crippen LogP contribution in [0, 0.1) is 12.8 Å². The summed E-state index contributed by atoms with van der Waals surface area (Å²) < 4.78 is 5.32. The molecule has 1 rings (SSSR count). The van der Waals surface area contributed by atoms with E-state index in [9.17, 15) is 0 Å². The molecule has 0 saturated heterocycles. The van der Waals surface area contributed by atoms with Crippen LogP contribution < -0.4 is 5.32 Å². The Labute approximate surface area is 86.7 Å². The monoisotopic (exact) mass is 195 g/mol. The van der Waals surface area contributed by atoms with Crippen LogP contribution in [0.15, 0.2) is 16.7 Å². The molecule has 0 amide bonds. The number of aryl methyl sites for hydroxylation is 1. The van der Waals surface area contributed by atoms with E-state index in [1.54, 1.807) is 0 Å². The maximum absolute atomic E-state index is 5.32. The highest BCUT2D eigenvalue weighted by molar-refractivity contribution is 5.16. The molecule has 80 valence electrons. The normalized spacial score (nSPS) is 15.4. The molecule has 0 aliphatic carbocycles. The van der Waals surface area contributed by atoms with Crippen LogP contribution in [-0.4, -0.2) is 7.05 Å². The Balaban J connectivity index is 2.62. The minimum atomic E-state index is 0.433. The van der Waals surface area contributed by atoms with Crippen molar-refractivity contribution >= 4 is 0 Å².